The van der Waals surface area contributed by atoms with Crippen molar-refractivity contribution in [2.45, 2.75) is 57.5 Å². The molecule has 1 aromatic carbocycles. The number of carbonyl (C=O) groups excluding carboxylic acids is 2. The number of urea groups is 1. The van der Waals surface area contributed by atoms with Crippen LogP contribution in [0.3, 0.4) is 0 Å². The van der Waals surface area contributed by atoms with Gasteiger partial charge in [0, 0.05) is 44.9 Å². The molecule has 0 saturated carbocycles. The molecule has 1 N–H and O–H groups in total. The van der Waals surface area contributed by atoms with E-state index in [-0.39, 0.29) is 36.3 Å². The van der Waals surface area contributed by atoms with Gasteiger partial charge in [-0.05, 0) is 49.8 Å². The summed E-state index contributed by atoms with van der Waals surface area (Å²) in [4.78, 5) is 29.4. The lowest BCUT2D eigenvalue weighted by atomic mass is 9.98. The van der Waals surface area contributed by atoms with Crippen LogP contribution in [0.15, 0.2) is 24.3 Å². The minimum absolute atomic E-state index is 0.00911. The van der Waals surface area contributed by atoms with Crippen LogP contribution in [0, 0.1) is 5.82 Å². The number of nitrogens with one attached hydrogen (secondary N) is 1. The summed E-state index contributed by atoms with van der Waals surface area (Å²) in [5.74, 6) is -0.236. The summed E-state index contributed by atoms with van der Waals surface area (Å²) < 4.78 is 18.5. The quantitative estimate of drug-likeness (QED) is 0.792. The molecule has 0 unspecified atom stereocenters. The number of benzene rings is 1. The van der Waals surface area contributed by atoms with E-state index in [2.05, 4.69) is 5.32 Å². The van der Waals surface area contributed by atoms with Crippen LogP contribution in [-0.4, -0.2) is 66.7 Å². The Hall–Kier alpha value is -2.15. The van der Waals surface area contributed by atoms with Crippen molar-refractivity contribution in [3.05, 3.63) is 35.6 Å². The molecule has 1 aromatic rings. The molecule has 29 heavy (non-hydrogen) atoms. The standard InChI is InChI=1S/C22H32FN3O3/c1-2-11-24-22(28)26(20-9-14-29-15-10-20)19-7-12-25(13-8-19)21(27)16-17-3-5-18(23)6-4-17/h3-6,19-20H,2,7-16H2,1H3,(H,24,28). The first-order valence-electron chi connectivity index (χ1n) is 10.7. The van der Waals surface area contributed by atoms with Gasteiger partial charge in [-0.2, -0.15) is 0 Å². The molecule has 0 aliphatic carbocycles. The maximum atomic E-state index is 13.1. The van der Waals surface area contributed by atoms with E-state index in [1.54, 1.807) is 12.1 Å². The van der Waals surface area contributed by atoms with E-state index in [1.807, 2.05) is 16.7 Å². The van der Waals surface area contributed by atoms with Crippen molar-refractivity contribution in [1.82, 2.24) is 15.1 Å². The van der Waals surface area contributed by atoms with E-state index in [4.69, 9.17) is 4.74 Å². The highest BCUT2D eigenvalue weighted by molar-refractivity contribution is 5.79. The van der Waals surface area contributed by atoms with Gasteiger partial charge in [-0.3, -0.25) is 4.79 Å². The average Bonchev–Trinajstić information content (AvgIpc) is 2.75. The molecule has 2 saturated heterocycles. The van der Waals surface area contributed by atoms with Crippen molar-refractivity contribution in [2.24, 2.45) is 0 Å². The molecule has 7 heteroatoms. The fraction of sp³-hybridized carbons (Fsp3) is 0.636. The number of likely N-dealkylation sites (tertiary alicyclic amines) is 1. The van der Waals surface area contributed by atoms with Crippen molar-refractivity contribution < 1.29 is 18.7 Å². The molecule has 0 aromatic heterocycles. The van der Waals surface area contributed by atoms with Gasteiger partial charge < -0.3 is 19.9 Å². The lowest BCUT2D eigenvalue weighted by Gasteiger charge is -2.43. The number of halogens is 1. The molecule has 0 spiro atoms. The molecule has 2 fully saturated rings. The van der Waals surface area contributed by atoms with Gasteiger partial charge in [-0.15, -0.1) is 0 Å². The smallest absolute Gasteiger partial charge is 0.317 e. The third kappa shape index (κ3) is 5.92. The van der Waals surface area contributed by atoms with E-state index < -0.39 is 0 Å². The van der Waals surface area contributed by atoms with Crippen LogP contribution < -0.4 is 5.32 Å². The first-order chi connectivity index (χ1) is 14.1. The van der Waals surface area contributed by atoms with Crippen LogP contribution in [-0.2, 0) is 16.0 Å². The van der Waals surface area contributed by atoms with Crippen LogP contribution in [0.25, 0.3) is 0 Å². The summed E-state index contributed by atoms with van der Waals surface area (Å²) in [6.45, 7) is 5.39. The molecule has 0 atom stereocenters. The molecule has 2 heterocycles. The van der Waals surface area contributed by atoms with Crippen molar-refractivity contribution in [3.63, 3.8) is 0 Å². The highest BCUT2D eigenvalue weighted by atomic mass is 19.1. The molecular weight excluding hydrogens is 373 g/mol. The number of ether oxygens (including phenoxy) is 1. The summed E-state index contributed by atoms with van der Waals surface area (Å²) in [6.07, 6.45) is 4.49. The summed E-state index contributed by atoms with van der Waals surface area (Å²) in [5, 5.41) is 3.03. The fourth-order valence-electron chi connectivity index (χ4n) is 4.20. The zero-order valence-corrected chi connectivity index (χ0v) is 17.2. The summed E-state index contributed by atoms with van der Waals surface area (Å²) in [5.41, 5.74) is 0.821. The van der Waals surface area contributed by atoms with E-state index >= 15 is 0 Å². The SMILES string of the molecule is CCCNC(=O)N(C1CCOCC1)C1CCN(C(=O)Cc2ccc(F)cc2)CC1. The van der Waals surface area contributed by atoms with Gasteiger partial charge in [0.25, 0.3) is 0 Å². The van der Waals surface area contributed by atoms with Crippen LogP contribution >= 0.6 is 0 Å². The van der Waals surface area contributed by atoms with Crippen LogP contribution in [0.1, 0.15) is 44.6 Å². The normalized spacial score (nSPS) is 18.5. The molecule has 2 aliphatic heterocycles. The Morgan fingerprint density at radius 3 is 2.34 bits per heavy atom. The number of piperidine rings is 1. The summed E-state index contributed by atoms with van der Waals surface area (Å²) >= 11 is 0. The average molecular weight is 406 g/mol. The minimum atomic E-state index is -0.295. The monoisotopic (exact) mass is 405 g/mol. The Morgan fingerprint density at radius 2 is 1.72 bits per heavy atom. The predicted octanol–water partition coefficient (Wildman–Crippen LogP) is 2.96. The zero-order valence-electron chi connectivity index (χ0n) is 17.2. The van der Waals surface area contributed by atoms with Gasteiger partial charge >= 0.3 is 6.03 Å². The van der Waals surface area contributed by atoms with Crippen LogP contribution in [0.2, 0.25) is 0 Å². The lowest BCUT2D eigenvalue weighted by Crippen LogP contribution is -2.56. The molecule has 0 radical (unpaired) electrons. The fourth-order valence-corrected chi connectivity index (χ4v) is 4.20. The van der Waals surface area contributed by atoms with Gasteiger partial charge in [0.05, 0.1) is 6.42 Å². The highest BCUT2D eigenvalue weighted by Gasteiger charge is 2.34. The van der Waals surface area contributed by atoms with Gasteiger partial charge in [0.2, 0.25) is 5.91 Å². The van der Waals surface area contributed by atoms with E-state index in [0.29, 0.717) is 32.8 Å². The Kier molecular flexibility index (Phi) is 7.86. The second kappa shape index (κ2) is 10.6. The second-order valence-electron chi connectivity index (χ2n) is 7.90. The Bertz CT molecular complexity index is 668. The van der Waals surface area contributed by atoms with Gasteiger partial charge in [-0.1, -0.05) is 19.1 Å². The number of rotatable bonds is 6. The number of carbonyl (C=O) groups is 2. The third-order valence-corrected chi connectivity index (χ3v) is 5.82. The molecule has 3 amide bonds. The Morgan fingerprint density at radius 1 is 1.10 bits per heavy atom. The van der Waals surface area contributed by atoms with Crippen molar-refractivity contribution in [1.29, 1.82) is 0 Å². The topological polar surface area (TPSA) is 61.9 Å². The summed E-state index contributed by atoms with van der Waals surface area (Å²) in [7, 11) is 0. The van der Waals surface area contributed by atoms with Crippen LogP contribution in [0.5, 0.6) is 0 Å². The maximum Gasteiger partial charge on any atom is 0.317 e. The minimum Gasteiger partial charge on any atom is -0.381 e. The third-order valence-electron chi connectivity index (χ3n) is 5.82. The van der Waals surface area contributed by atoms with Crippen molar-refractivity contribution in [2.75, 3.05) is 32.8 Å². The number of nitrogens with zero attached hydrogens (tertiary/aromatic N) is 2. The first kappa shape index (κ1) is 21.6. The lowest BCUT2D eigenvalue weighted by molar-refractivity contribution is -0.132. The number of amides is 3. The van der Waals surface area contributed by atoms with Gasteiger partial charge in [0.15, 0.2) is 0 Å². The van der Waals surface area contributed by atoms with Crippen LogP contribution in [0.4, 0.5) is 9.18 Å². The van der Waals surface area contributed by atoms with E-state index in [1.165, 1.54) is 12.1 Å². The second-order valence-corrected chi connectivity index (χ2v) is 7.90. The van der Waals surface area contributed by atoms with E-state index in [9.17, 15) is 14.0 Å². The van der Waals surface area contributed by atoms with Crippen molar-refractivity contribution in [3.8, 4) is 0 Å². The van der Waals surface area contributed by atoms with Gasteiger partial charge in [0.1, 0.15) is 5.82 Å². The molecule has 0 bridgehead atoms. The maximum absolute atomic E-state index is 13.1. The zero-order chi connectivity index (χ0) is 20.6. The van der Waals surface area contributed by atoms with E-state index in [0.717, 1.165) is 37.7 Å². The molecule has 2 aliphatic rings. The Labute approximate surface area is 172 Å². The molecule has 6 nitrogen and oxygen atoms in total. The molecule has 3 rings (SSSR count). The predicted molar refractivity (Wildman–Crippen MR) is 109 cm³/mol. The Balaban J connectivity index is 1.57. The number of hydrogen-bond acceptors (Lipinski definition) is 3. The molecular formula is C22H32FN3O3. The van der Waals surface area contributed by atoms with Gasteiger partial charge in [-0.25, -0.2) is 9.18 Å². The first-order valence-corrected chi connectivity index (χ1v) is 10.7. The summed E-state index contributed by atoms with van der Waals surface area (Å²) in [6, 6.07) is 6.44. The largest absolute Gasteiger partial charge is 0.381 e. The molecule has 160 valence electrons. The highest BCUT2D eigenvalue weighted by Crippen LogP contribution is 2.24. The van der Waals surface area contributed by atoms with Crippen molar-refractivity contribution >= 4 is 11.9 Å². The number of hydrogen-bond donors (Lipinski definition) is 1.